The van der Waals surface area contributed by atoms with Gasteiger partial charge in [-0.3, -0.25) is 9.59 Å². The molecule has 0 unspecified atom stereocenters. The normalized spacial score (nSPS) is 17.8. The van der Waals surface area contributed by atoms with Gasteiger partial charge in [0.2, 0.25) is 11.8 Å². The molecule has 0 spiro atoms. The van der Waals surface area contributed by atoms with Crippen molar-refractivity contribution in [1.29, 1.82) is 0 Å². The first-order valence-corrected chi connectivity index (χ1v) is 7.35. The number of nitrogens with two attached hydrogens (primary N) is 1. The van der Waals surface area contributed by atoms with E-state index in [1.165, 1.54) is 6.42 Å². The SMILES string of the molecule is CCNC(=O)CN(CC)C(=O)C1(CN)CCCCC1. The van der Waals surface area contributed by atoms with Crippen molar-refractivity contribution in [3.63, 3.8) is 0 Å². The molecule has 3 N–H and O–H groups in total. The van der Waals surface area contributed by atoms with Crippen molar-refractivity contribution in [2.24, 2.45) is 11.1 Å². The molecule has 5 nitrogen and oxygen atoms in total. The topological polar surface area (TPSA) is 75.4 Å². The monoisotopic (exact) mass is 269 g/mol. The smallest absolute Gasteiger partial charge is 0.239 e. The Morgan fingerprint density at radius 1 is 1.21 bits per heavy atom. The third-order valence-corrected chi connectivity index (χ3v) is 4.03. The summed E-state index contributed by atoms with van der Waals surface area (Å²) in [6.07, 6.45) is 5.00. The second-order valence-corrected chi connectivity index (χ2v) is 5.32. The first kappa shape index (κ1) is 16.0. The van der Waals surface area contributed by atoms with E-state index in [0.29, 0.717) is 19.6 Å². The van der Waals surface area contributed by atoms with Gasteiger partial charge in [-0.05, 0) is 26.7 Å². The summed E-state index contributed by atoms with van der Waals surface area (Å²) in [6.45, 7) is 5.45. The van der Waals surface area contributed by atoms with Crippen LogP contribution in [0, 0.1) is 5.41 Å². The third kappa shape index (κ3) is 3.93. The molecule has 1 fully saturated rings. The van der Waals surface area contributed by atoms with E-state index in [2.05, 4.69) is 5.32 Å². The zero-order chi connectivity index (χ0) is 14.3. The molecule has 0 bridgehead atoms. The lowest BCUT2D eigenvalue weighted by atomic mass is 9.73. The minimum Gasteiger partial charge on any atom is -0.355 e. The molecule has 1 aliphatic carbocycles. The van der Waals surface area contributed by atoms with Gasteiger partial charge < -0.3 is 16.0 Å². The Morgan fingerprint density at radius 2 is 1.84 bits per heavy atom. The molecule has 1 aliphatic rings. The van der Waals surface area contributed by atoms with Crippen LogP contribution in [0.4, 0.5) is 0 Å². The van der Waals surface area contributed by atoms with Crippen LogP contribution in [0.15, 0.2) is 0 Å². The molecule has 0 atom stereocenters. The highest BCUT2D eigenvalue weighted by Crippen LogP contribution is 2.37. The number of hydrogen-bond donors (Lipinski definition) is 2. The van der Waals surface area contributed by atoms with E-state index < -0.39 is 5.41 Å². The third-order valence-electron chi connectivity index (χ3n) is 4.03. The fraction of sp³-hybridized carbons (Fsp3) is 0.857. The fourth-order valence-electron chi connectivity index (χ4n) is 2.82. The second kappa shape index (κ2) is 7.48. The summed E-state index contributed by atoms with van der Waals surface area (Å²) < 4.78 is 0. The molecular formula is C14H27N3O2. The largest absolute Gasteiger partial charge is 0.355 e. The predicted octanol–water partition coefficient (Wildman–Crippen LogP) is 0.880. The molecule has 0 aromatic rings. The molecule has 0 aromatic carbocycles. The lowest BCUT2D eigenvalue weighted by Gasteiger charge is -2.38. The van der Waals surface area contributed by atoms with Crippen molar-refractivity contribution in [2.45, 2.75) is 46.0 Å². The van der Waals surface area contributed by atoms with E-state index in [-0.39, 0.29) is 18.4 Å². The molecular weight excluding hydrogens is 242 g/mol. The Hall–Kier alpha value is -1.10. The average Bonchev–Trinajstić information content (AvgIpc) is 2.45. The number of likely N-dealkylation sites (N-methyl/N-ethyl adjacent to an activating group) is 2. The quantitative estimate of drug-likeness (QED) is 0.751. The minimum absolute atomic E-state index is 0.0588. The second-order valence-electron chi connectivity index (χ2n) is 5.32. The number of carbonyl (C=O) groups excluding carboxylic acids is 2. The van der Waals surface area contributed by atoms with Crippen molar-refractivity contribution in [1.82, 2.24) is 10.2 Å². The Balaban J connectivity index is 2.72. The molecule has 2 amide bonds. The summed E-state index contributed by atoms with van der Waals surface area (Å²) in [5, 5.41) is 2.73. The van der Waals surface area contributed by atoms with Crippen molar-refractivity contribution < 1.29 is 9.59 Å². The van der Waals surface area contributed by atoms with E-state index in [0.717, 1.165) is 25.7 Å². The number of carbonyl (C=O) groups is 2. The van der Waals surface area contributed by atoms with Crippen LogP contribution < -0.4 is 11.1 Å². The zero-order valence-electron chi connectivity index (χ0n) is 12.2. The van der Waals surface area contributed by atoms with Crippen LogP contribution in [0.2, 0.25) is 0 Å². The van der Waals surface area contributed by atoms with Gasteiger partial charge in [0.05, 0.1) is 12.0 Å². The fourth-order valence-corrected chi connectivity index (χ4v) is 2.82. The molecule has 0 saturated heterocycles. The maximum Gasteiger partial charge on any atom is 0.239 e. The highest BCUT2D eigenvalue weighted by molar-refractivity contribution is 5.88. The minimum atomic E-state index is -0.430. The van der Waals surface area contributed by atoms with E-state index >= 15 is 0 Å². The van der Waals surface area contributed by atoms with Gasteiger partial charge in [0.25, 0.3) is 0 Å². The van der Waals surface area contributed by atoms with Crippen LogP contribution in [0.5, 0.6) is 0 Å². The summed E-state index contributed by atoms with van der Waals surface area (Å²) in [5.74, 6) is -0.0378. The van der Waals surface area contributed by atoms with Gasteiger partial charge in [0.1, 0.15) is 0 Å². The maximum atomic E-state index is 12.7. The molecule has 0 heterocycles. The molecule has 0 aliphatic heterocycles. The lowest BCUT2D eigenvalue weighted by molar-refractivity contribution is -0.146. The van der Waals surface area contributed by atoms with Crippen LogP contribution in [0.25, 0.3) is 0 Å². The molecule has 0 radical (unpaired) electrons. The highest BCUT2D eigenvalue weighted by Gasteiger charge is 2.40. The van der Waals surface area contributed by atoms with Gasteiger partial charge in [-0.2, -0.15) is 0 Å². The van der Waals surface area contributed by atoms with Gasteiger partial charge in [-0.15, -0.1) is 0 Å². The standard InChI is InChI=1S/C14H27N3O2/c1-3-16-12(18)10-17(4-2)13(19)14(11-15)8-6-5-7-9-14/h3-11,15H2,1-2H3,(H,16,18). The number of rotatable bonds is 6. The number of amides is 2. The van der Waals surface area contributed by atoms with Gasteiger partial charge in [0, 0.05) is 19.6 Å². The first-order chi connectivity index (χ1) is 9.09. The lowest BCUT2D eigenvalue weighted by Crippen LogP contribution is -2.51. The zero-order valence-corrected chi connectivity index (χ0v) is 12.2. The van der Waals surface area contributed by atoms with E-state index in [9.17, 15) is 9.59 Å². The van der Waals surface area contributed by atoms with Crippen LogP contribution >= 0.6 is 0 Å². The summed E-state index contributed by atoms with van der Waals surface area (Å²) >= 11 is 0. The maximum absolute atomic E-state index is 12.7. The van der Waals surface area contributed by atoms with E-state index in [1.54, 1.807) is 4.90 Å². The molecule has 5 heteroatoms. The average molecular weight is 269 g/mol. The van der Waals surface area contributed by atoms with Gasteiger partial charge >= 0.3 is 0 Å². The molecule has 19 heavy (non-hydrogen) atoms. The number of nitrogens with zero attached hydrogens (tertiary/aromatic N) is 1. The van der Waals surface area contributed by atoms with Crippen molar-refractivity contribution in [2.75, 3.05) is 26.2 Å². The van der Waals surface area contributed by atoms with E-state index in [4.69, 9.17) is 5.73 Å². The molecule has 1 saturated carbocycles. The van der Waals surface area contributed by atoms with Gasteiger partial charge in [-0.25, -0.2) is 0 Å². The first-order valence-electron chi connectivity index (χ1n) is 7.35. The summed E-state index contributed by atoms with van der Waals surface area (Å²) in [4.78, 5) is 26.0. The highest BCUT2D eigenvalue weighted by atomic mass is 16.2. The Kier molecular flexibility index (Phi) is 6.28. The van der Waals surface area contributed by atoms with Crippen molar-refractivity contribution in [3.8, 4) is 0 Å². The van der Waals surface area contributed by atoms with Crippen LogP contribution in [0.3, 0.4) is 0 Å². The Labute approximate surface area is 115 Å². The Bertz CT molecular complexity index is 312. The molecule has 1 rings (SSSR count). The van der Waals surface area contributed by atoms with Gasteiger partial charge in [0.15, 0.2) is 0 Å². The molecule has 110 valence electrons. The van der Waals surface area contributed by atoms with Crippen LogP contribution in [0.1, 0.15) is 46.0 Å². The van der Waals surface area contributed by atoms with Crippen LogP contribution in [-0.2, 0) is 9.59 Å². The molecule has 0 aromatic heterocycles. The summed E-state index contributed by atoms with van der Waals surface area (Å²) in [7, 11) is 0. The predicted molar refractivity (Wildman–Crippen MR) is 75.5 cm³/mol. The summed E-state index contributed by atoms with van der Waals surface area (Å²) in [5.41, 5.74) is 5.44. The van der Waals surface area contributed by atoms with E-state index in [1.807, 2.05) is 13.8 Å². The van der Waals surface area contributed by atoms with Gasteiger partial charge in [-0.1, -0.05) is 19.3 Å². The van der Waals surface area contributed by atoms with Crippen molar-refractivity contribution >= 4 is 11.8 Å². The van der Waals surface area contributed by atoms with Crippen LogP contribution in [-0.4, -0.2) is 42.9 Å². The number of nitrogens with one attached hydrogen (secondary N) is 1. The number of hydrogen-bond acceptors (Lipinski definition) is 3. The van der Waals surface area contributed by atoms with Crippen molar-refractivity contribution in [3.05, 3.63) is 0 Å². The summed E-state index contributed by atoms with van der Waals surface area (Å²) in [6, 6.07) is 0. The Morgan fingerprint density at radius 3 is 2.32 bits per heavy atom.